The van der Waals surface area contributed by atoms with Crippen LogP contribution in [0.15, 0.2) is 30.3 Å². The van der Waals surface area contributed by atoms with E-state index in [-0.39, 0.29) is 11.8 Å². The predicted molar refractivity (Wildman–Crippen MR) is 87.5 cm³/mol. The van der Waals surface area contributed by atoms with Crippen molar-refractivity contribution in [3.8, 4) is 0 Å². The topological polar surface area (TPSA) is 40.6 Å². The normalized spacial score (nSPS) is 17.1. The highest BCUT2D eigenvalue weighted by atomic mass is 16.2. The number of carbonyl (C=O) groups is 2. The maximum absolute atomic E-state index is 13.2. The van der Waals surface area contributed by atoms with Crippen molar-refractivity contribution < 1.29 is 9.59 Å². The third kappa shape index (κ3) is 3.01. The van der Waals surface area contributed by atoms with E-state index in [0.717, 1.165) is 18.7 Å². The Labute approximate surface area is 133 Å². The molecule has 1 aliphatic heterocycles. The van der Waals surface area contributed by atoms with Gasteiger partial charge in [-0.15, -0.1) is 0 Å². The van der Waals surface area contributed by atoms with Crippen LogP contribution in [0.25, 0.3) is 0 Å². The van der Waals surface area contributed by atoms with Crippen molar-refractivity contribution in [2.24, 2.45) is 0 Å². The monoisotopic (exact) mass is 302 g/mol. The molecule has 0 bridgehead atoms. The number of hydrogen-bond donors (Lipinski definition) is 0. The first-order valence-corrected chi connectivity index (χ1v) is 8.15. The van der Waals surface area contributed by atoms with Gasteiger partial charge in [-0.2, -0.15) is 0 Å². The fraction of sp³-hybridized carbons (Fsp3) is 0.556. The molecule has 0 unspecified atom stereocenters. The van der Waals surface area contributed by atoms with Crippen molar-refractivity contribution in [3.63, 3.8) is 0 Å². The van der Waals surface area contributed by atoms with Gasteiger partial charge in [0.25, 0.3) is 0 Å². The molecule has 4 heteroatoms. The predicted octanol–water partition coefficient (Wildman–Crippen LogP) is 2.44. The highest BCUT2D eigenvalue weighted by Crippen LogP contribution is 2.37. The van der Waals surface area contributed by atoms with Crippen molar-refractivity contribution in [1.82, 2.24) is 9.80 Å². The number of hydrogen-bond acceptors (Lipinski definition) is 2. The number of piperidine rings is 1. The van der Waals surface area contributed by atoms with E-state index in [1.807, 2.05) is 54.0 Å². The van der Waals surface area contributed by atoms with E-state index < -0.39 is 5.41 Å². The van der Waals surface area contributed by atoms with Gasteiger partial charge in [-0.25, -0.2) is 0 Å². The van der Waals surface area contributed by atoms with Crippen LogP contribution in [0.5, 0.6) is 0 Å². The minimum absolute atomic E-state index is 0.0944. The van der Waals surface area contributed by atoms with E-state index in [9.17, 15) is 9.59 Å². The molecule has 0 aromatic heterocycles. The number of likely N-dealkylation sites (N-methyl/N-ethyl adjacent to an activating group) is 1. The van der Waals surface area contributed by atoms with Gasteiger partial charge in [0.1, 0.15) is 0 Å². The molecule has 0 atom stereocenters. The van der Waals surface area contributed by atoms with Gasteiger partial charge >= 0.3 is 0 Å². The van der Waals surface area contributed by atoms with E-state index >= 15 is 0 Å². The van der Waals surface area contributed by atoms with Crippen molar-refractivity contribution in [2.75, 3.05) is 26.2 Å². The van der Waals surface area contributed by atoms with E-state index in [1.54, 1.807) is 6.92 Å². The summed E-state index contributed by atoms with van der Waals surface area (Å²) in [5.41, 5.74) is 0.592. The van der Waals surface area contributed by atoms with Crippen molar-refractivity contribution >= 4 is 11.8 Å². The quantitative estimate of drug-likeness (QED) is 0.857. The van der Waals surface area contributed by atoms with Crippen molar-refractivity contribution in [1.29, 1.82) is 0 Å². The highest BCUT2D eigenvalue weighted by Gasteiger charge is 2.44. The van der Waals surface area contributed by atoms with Gasteiger partial charge in [-0.3, -0.25) is 9.59 Å². The number of carbonyl (C=O) groups excluding carboxylic acids is 2. The van der Waals surface area contributed by atoms with Gasteiger partial charge < -0.3 is 9.80 Å². The second-order valence-electron chi connectivity index (χ2n) is 5.93. The van der Waals surface area contributed by atoms with Crippen LogP contribution in [-0.4, -0.2) is 47.8 Å². The molecule has 0 N–H and O–H groups in total. The Bertz CT molecular complexity index is 515. The largest absolute Gasteiger partial charge is 0.343 e. The summed E-state index contributed by atoms with van der Waals surface area (Å²) in [6.45, 7) is 8.38. The number of amides is 2. The molecule has 1 aliphatic rings. The Morgan fingerprint density at radius 3 is 2.09 bits per heavy atom. The van der Waals surface area contributed by atoms with E-state index in [1.165, 1.54) is 0 Å². The van der Waals surface area contributed by atoms with E-state index in [4.69, 9.17) is 0 Å². The van der Waals surface area contributed by atoms with Gasteiger partial charge in [0.15, 0.2) is 0 Å². The third-order valence-corrected chi connectivity index (χ3v) is 4.85. The summed E-state index contributed by atoms with van der Waals surface area (Å²) in [5, 5.41) is 0. The van der Waals surface area contributed by atoms with Crippen LogP contribution in [-0.2, 0) is 15.0 Å². The van der Waals surface area contributed by atoms with Gasteiger partial charge in [0.05, 0.1) is 5.41 Å². The number of nitrogens with zero attached hydrogens (tertiary/aromatic N) is 2. The van der Waals surface area contributed by atoms with Crippen LogP contribution in [0.2, 0.25) is 0 Å². The molecule has 1 saturated heterocycles. The maximum Gasteiger partial charge on any atom is 0.233 e. The molecule has 0 saturated carbocycles. The molecule has 1 heterocycles. The Kier molecular flexibility index (Phi) is 5.22. The van der Waals surface area contributed by atoms with Gasteiger partial charge in [-0.1, -0.05) is 30.3 Å². The zero-order valence-electron chi connectivity index (χ0n) is 13.8. The second-order valence-corrected chi connectivity index (χ2v) is 5.93. The number of benzene rings is 1. The Hall–Kier alpha value is -1.84. The maximum atomic E-state index is 13.2. The van der Waals surface area contributed by atoms with Crippen LogP contribution < -0.4 is 0 Å². The molecule has 22 heavy (non-hydrogen) atoms. The number of likely N-dealkylation sites (tertiary alicyclic amines) is 1. The van der Waals surface area contributed by atoms with Crippen LogP contribution in [0, 0.1) is 0 Å². The summed E-state index contributed by atoms with van der Waals surface area (Å²) in [6, 6.07) is 10.0. The summed E-state index contributed by atoms with van der Waals surface area (Å²) >= 11 is 0. The molecule has 0 radical (unpaired) electrons. The summed E-state index contributed by atoms with van der Waals surface area (Å²) in [4.78, 5) is 28.5. The van der Waals surface area contributed by atoms with Gasteiger partial charge in [-0.05, 0) is 32.3 Å². The third-order valence-electron chi connectivity index (χ3n) is 4.85. The summed E-state index contributed by atoms with van der Waals surface area (Å²) in [6.07, 6.45) is 1.40. The summed E-state index contributed by atoms with van der Waals surface area (Å²) < 4.78 is 0. The lowest BCUT2D eigenvalue weighted by Gasteiger charge is -2.43. The minimum atomic E-state index is -0.487. The first kappa shape index (κ1) is 16.5. The van der Waals surface area contributed by atoms with Crippen molar-refractivity contribution in [3.05, 3.63) is 35.9 Å². The summed E-state index contributed by atoms with van der Waals surface area (Å²) in [7, 11) is 0. The smallest absolute Gasteiger partial charge is 0.233 e. The lowest BCUT2D eigenvalue weighted by Crippen LogP contribution is -2.53. The molecule has 0 spiro atoms. The van der Waals surface area contributed by atoms with Crippen LogP contribution in [0.1, 0.15) is 39.2 Å². The Balaban J connectivity index is 2.35. The Morgan fingerprint density at radius 2 is 1.64 bits per heavy atom. The summed E-state index contributed by atoms with van der Waals surface area (Å²) in [5.74, 6) is 0.295. The molecule has 2 amide bonds. The SMILES string of the molecule is CCN(CC)C(=O)C1(c2ccccc2)CCN(C(C)=O)CC1. The average Bonchev–Trinajstić information content (AvgIpc) is 2.56. The first-order chi connectivity index (χ1) is 10.5. The molecule has 1 fully saturated rings. The molecule has 1 aromatic carbocycles. The molecule has 4 nitrogen and oxygen atoms in total. The van der Waals surface area contributed by atoms with Gasteiger partial charge in [0, 0.05) is 33.1 Å². The highest BCUT2D eigenvalue weighted by molar-refractivity contribution is 5.89. The van der Waals surface area contributed by atoms with E-state index in [0.29, 0.717) is 25.9 Å². The average molecular weight is 302 g/mol. The van der Waals surface area contributed by atoms with Crippen LogP contribution in [0.4, 0.5) is 0 Å². The fourth-order valence-electron chi connectivity index (χ4n) is 3.40. The number of rotatable bonds is 4. The molecular formula is C18H26N2O2. The molecule has 2 rings (SSSR count). The van der Waals surface area contributed by atoms with E-state index in [2.05, 4.69) is 0 Å². The standard InChI is InChI=1S/C18H26N2O2/c1-4-19(5-2)17(22)18(16-9-7-6-8-10-16)11-13-20(14-12-18)15(3)21/h6-10H,4-5,11-14H2,1-3H3. The van der Waals surface area contributed by atoms with Crippen LogP contribution >= 0.6 is 0 Å². The zero-order valence-corrected chi connectivity index (χ0v) is 13.8. The lowest BCUT2D eigenvalue weighted by molar-refractivity contribution is -0.142. The Morgan fingerprint density at radius 1 is 1.09 bits per heavy atom. The lowest BCUT2D eigenvalue weighted by atomic mass is 9.71. The van der Waals surface area contributed by atoms with Crippen molar-refractivity contribution in [2.45, 2.75) is 39.0 Å². The molecule has 120 valence electrons. The van der Waals surface area contributed by atoms with Gasteiger partial charge in [0.2, 0.25) is 11.8 Å². The first-order valence-electron chi connectivity index (χ1n) is 8.15. The molecular weight excluding hydrogens is 276 g/mol. The zero-order chi connectivity index (χ0) is 16.2. The molecule has 1 aromatic rings. The molecule has 0 aliphatic carbocycles. The van der Waals surface area contributed by atoms with Crippen LogP contribution in [0.3, 0.4) is 0 Å². The second kappa shape index (κ2) is 6.95. The fourth-order valence-corrected chi connectivity index (χ4v) is 3.40. The minimum Gasteiger partial charge on any atom is -0.343 e.